The molecule has 0 radical (unpaired) electrons. The van der Waals surface area contributed by atoms with E-state index in [2.05, 4.69) is 11.8 Å². The third-order valence-corrected chi connectivity index (χ3v) is 3.97. The first-order valence-electron chi connectivity index (χ1n) is 7.22. The second-order valence-corrected chi connectivity index (χ2v) is 5.50. The summed E-state index contributed by atoms with van der Waals surface area (Å²) < 4.78 is 0. The number of benzene rings is 1. The minimum Gasteiger partial charge on any atom is -0.378 e. The Bertz CT molecular complexity index is 442. The maximum Gasteiger partial charge on any atom is 0.254 e. The lowest BCUT2D eigenvalue weighted by Crippen LogP contribution is -2.43. The van der Waals surface area contributed by atoms with Gasteiger partial charge in [0, 0.05) is 37.9 Å². The van der Waals surface area contributed by atoms with Crippen LogP contribution in [-0.2, 0) is 0 Å². The summed E-state index contributed by atoms with van der Waals surface area (Å²) in [7, 11) is 4.00. The molecule has 1 atom stereocenters. The number of rotatable bonds is 3. The highest BCUT2D eigenvalue weighted by Gasteiger charge is 2.26. The molecule has 104 valence electrons. The summed E-state index contributed by atoms with van der Waals surface area (Å²) in [5.74, 6) is 0.190. The first kappa shape index (κ1) is 13.9. The fraction of sp³-hybridized carbons (Fsp3) is 0.562. The Labute approximate surface area is 116 Å². The molecule has 3 heteroatoms. The van der Waals surface area contributed by atoms with Gasteiger partial charge in [-0.1, -0.05) is 13.0 Å². The largest absolute Gasteiger partial charge is 0.378 e. The Morgan fingerprint density at radius 3 is 2.84 bits per heavy atom. The lowest BCUT2D eigenvalue weighted by molar-refractivity contribution is 0.0608. The van der Waals surface area contributed by atoms with Gasteiger partial charge in [0.1, 0.15) is 0 Å². The van der Waals surface area contributed by atoms with Gasteiger partial charge in [0.25, 0.3) is 5.91 Å². The fourth-order valence-electron chi connectivity index (χ4n) is 2.78. The van der Waals surface area contributed by atoms with Crippen molar-refractivity contribution in [1.29, 1.82) is 0 Å². The molecule has 1 unspecified atom stereocenters. The summed E-state index contributed by atoms with van der Waals surface area (Å²) >= 11 is 0. The summed E-state index contributed by atoms with van der Waals surface area (Å²) in [6.07, 6.45) is 4.59. The van der Waals surface area contributed by atoms with E-state index >= 15 is 0 Å². The van der Waals surface area contributed by atoms with E-state index in [9.17, 15) is 4.79 Å². The van der Waals surface area contributed by atoms with Crippen LogP contribution in [0.1, 0.15) is 43.0 Å². The van der Waals surface area contributed by atoms with E-state index in [0.29, 0.717) is 6.04 Å². The molecule has 3 nitrogen and oxygen atoms in total. The lowest BCUT2D eigenvalue weighted by atomic mass is 9.99. The van der Waals surface area contributed by atoms with Crippen LogP contribution in [0.3, 0.4) is 0 Å². The van der Waals surface area contributed by atoms with Crippen molar-refractivity contribution in [2.45, 2.75) is 38.6 Å². The van der Waals surface area contributed by atoms with Crippen molar-refractivity contribution in [3.8, 4) is 0 Å². The standard InChI is InChI=1S/C16H24N2O/c1-4-14-9-5-6-11-18(14)16(19)13-8-7-10-15(12-13)17(2)3/h7-8,10,12,14H,4-6,9,11H2,1-3H3. The Morgan fingerprint density at radius 2 is 2.16 bits per heavy atom. The molecule has 2 rings (SSSR count). The average molecular weight is 260 g/mol. The third kappa shape index (κ3) is 3.09. The van der Waals surface area contributed by atoms with Crippen LogP contribution < -0.4 is 4.90 Å². The van der Waals surface area contributed by atoms with Gasteiger partial charge in [0.15, 0.2) is 0 Å². The number of anilines is 1. The molecule has 1 amide bonds. The molecule has 1 aromatic carbocycles. The lowest BCUT2D eigenvalue weighted by Gasteiger charge is -2.35. The van der Waals surface area contributed by atoms with Crippen LogP contribution in [0.4, 0.5) is 5.69 Å². The summed E-state index contributed by atoms with van der Waals surface area (Å²) in [4.78, 5) is 16.8. The first-order valence-corrected chi connectivity index (χ1v) is 7.22. The summed E-state index contributed by atoms with van der Waals surface area (Å²) in [5.41, 5.74) is 1.89. The first-order chi connectivity index (χ1) is 9.13. The van der Waals surface area contributed by atoms with Gasteiger partial charge in [-0.3, -0.25) is 4.79 Å². The molecule has 0 aliphatic carbocycles. The van der Waals surface area contributed by atoms with Crippen LogP contribution in [0.15, 0.2) is 24.3 Å². The fourth-order valence-corrected chi connectivity index (χ4v) is 2.78. The van der Waals surface area contributed by atoms with E-state index in [1.54, 1.807) is 0 Å². The normalized spacial score (nSPS) is 19.3. The molecule has 0 bridgehead atoms. The van der Waals surface area contributed by atoms with E-state index in [1.165, 1.54) is 6.42 Å². The Balaban J connectivity index is 2.20. The van der Waals surface area contributed by atoms with Gasteiger partial charge in [0.2, 0.25) is 0 Å². The number of carbonyl (C=O) groups is 1. The van der Waals surface area contributed by atoms with Crippen molar-refractivity contribution >= 4 is 11.6 Å². The van der Waals surface area contributed by atoms with Crippen molar-refractivity contribution in [2.75, 3.05) is 25.5 Å². The van der Waals surface area contributed by atoms with Crippen LogP contribution in [0.2, 0.25) is 0 Å². The van der Waals surface area contributed by atoms with E-state index in [1.807, 2.05) is 43.3 Å². The predicted molar refractivity (Wildman–Crippen MR) is 79.7 cm³/mol. The van der Waals surface area contributed by atoms with Gasteiger partial charge in [-0.2, -0.15) is 0 Å². The number of amides is 1. The number of hydrogen-bond acceptors (Lipinski definition) is 2. The Hall–Kier alpha value is -1.51. The van der Waals surface area contributed by atoms with E-state index in [4.69, 9.17) is 0 Å². The van der Waals surface area contributed by atoms with E-state index < -0.39 is 0 Å². The second-order valence-electron chi connectivity index (χ2n) is 5.50. The SMILES string of the molecule is CCC1CCCCN1C(=O)c1cccc(N(C)C)c1. The highest BCUT2D eigenvalue weighted by Crippen LogP contribution is 2.23. The van der Waals surface area contributed by atoms with Crippen molar-refractivity contribution < 1.29 is 4.79 Å². The Morgan fingerprint density at radius 1 is 1.37 bits per heavy atom. The smallest absolute Gasteiger partial charge is 0.254 e. The topological polar surface area (TPSA) is 23.6 Å². The molecule has 1 aliphatic rings. The van der Waals surface area contributed by atoms with Crippen LogP contribution >= 0.6 is 0 Å². The second kappa shape index (κ2) is 6.09. The molecule has 1 heterocycles. The maximum absolute atomic E-state index is 12.7. The van der Waals surface area contributed by atoms with Gasteiger partial charge in [-0.25, -0.2) is 0 Å². The molecule has 0 saturated carbocycles. The van der Waals surface area contributed by atoms with Crippen LogP contribution in [-0.4, -0.2) is 37.5 Å². The van der Waals surface area contributed by atoms with Gasteiger partial charge in [-0.15, -0.1) is 0 Å². The number of likely N-dealkylation sites (tertiary alicyclic amines) is 1. The molecule has 0 N–H and O–H groups in total. The minimum atomic E-state index is 0.190. The highest BCUT2D eigenvalue weighted by atomic mass is 16.2. The summed E-state index contributed by atoms with van der Waals surface area (Å²) in [5, 5.41) is 0. The van der Waals surface area contributed by atoms with Gasteiger partial charge >= 0.3 is 0 Å². The quantitative estimate of drug-likeness (QED) is 0.833. The zero-order chi connectivity index (χ0) is 13.8. The molecular formula is C16H24N2O. The van der Waals surface area contributed by atoms with Crippen molar-refractivity contribution in [3.63, 3.8) is 0 Å². The van der Waals surface area contributed by atoms with Crippen molar-refractivity contribution in [2.24, 2.45) is 0 Å². The molecule has 1 aliphatic heterocycles. The highest BCUT2D eigenvalue weighted by molar-refractivity contribution is 5.95. The zero-order valence-electron chi connectivity index (χ0n) is 12.2. The monoisotopic (exact) mass is 260 g/mol. The van der Waals surface area contributed by atoms with Crippen LogP contribution in [0, 0.1) is 0 Å². The number of carbonyl (C=O) groups excluding carboxylic acids is 1. The summed E-state index contributed by atoms with van der Waals surface area (Å²) in [6, 6.07) is 8.34. The molecule has 1 fully saturated rings. The molecule has 0 spiro atoms. The van der Waals surface area contributed by atoms with Crippen molar-refractivity contribution in [1.82, 2.24) is 4.90 Å². The van der Waals surface area contributed by atoms with E-state index in [0.717, 1.165) is 37.1 Å². The molecule has 0 aromatic heterocycles. The summed E-state index contributed by atoms with van der Waals surface area (Å²) in [6.45, 7) is 3.08. The van der Waals surface area contributed by atoms with Crippen LogP contribution in [0.5, 0.6) is 0 Å². The average Bonchev–Trinajstić information content (AvgIpc) is 2.46. The van der Waals surface area contributed by atoms with Gasteiger partial charge in [-0.05, 0) is 43.9 Å². The Kier molecular flexibility index (Phi) is 4.46. The molecule has 1 aromatic rings. The molecule has 19 heavy (non-hydrogen) atoms. The number of piperidine rings is 1. The van der Waals surface area contributed by atoms with Crippen molar-refractivity contribution in [3.05, 3.63) is 29.8 Å². The number of hydrogen-bond donors (Lipinski definition) is 0. The van der Waals surface area contributed by atoms with Gasteiger partial charge < -0.3 is 9.80 Å². The van der Waals surface area contributed by atoms with Crippen LogP contribution in [0.25, 0.3) is 0 Å². The predicted octanol–water partition coefficient (Wildman–Crippen LogP) is 3.16. The van der Waals surface area contributed by atoms with E-state index in [-0.39, 0.29) is 5.91 Å². The molecular weight excluding hydrogens is 236 g/mol. The zero-order valence-corrected chi connectivity index (χ0v) is 12.2. The third-order valence-electron chi connectivity index (χ3n) is 3.97. The molecule has 1 saturated heterocycles. The van der Waals surface area contributed by atoms with Gasteiger partial charge in [0.05, 0.1) is 0 Å². The minimum absolute atomic E-state index is 0.190. The number of nitrogens with zero attached hydrogens (tertiary/aromatic N) is 2. The maximum atomic E-state index is 12.7.